The van der Waals surface area contributed by atoms with Gasteiger partial charge in [-0.15, -0.1) is 11.3 Å². The SMILES string of the molecule is CC1CCN(c2ccc(N[C@@H](C)c3nc(-c4cccs4)no3)cc2)CC1. The summed E-state index contributed by atoms with van der Waals surface area (Å²) < 4.78 is 5.43. The predicted octanol–water partition coefficient (Wildman–Crippen LogP) is 5.21. The van der Waals surface area contributed by atoms with Crippen molar-refractivity contribution in [2.45, 2.75) is 32.7 Å². The molecule has 3 heterocycles. The third-order valence-corrected chi connectivity index (χ3v) is 5.82. The lowest BCUT2D eigenvalue weighted by Crippen LogP contribution is -2.32. The normalized spacial score (nSPS) is 16.6. The summed E-state index contributed by atoms with van der Waals surface area (Å²) in [5.74, 6) is 2.10. The number of piperidine rings is 1. The zero-order valence-corrected chi connectivity index (χ0v) is 16.0. The molecule has 0 spiro atoms. The second kappa shape index (κ2) is 7.50. The van der Waals surface area contributed by atoms with Crippen LogP contribution in [0, 0.1) is 5.92 Å². The van der Waals surface area contributed by atoms with Gasteiger partial charge in [0.2, 0.25) is 11.7 Å². The third kappa shape index (κ3) is 3.75. The predicted molar refractivity (Wildman–Crippen MR) is 107 cm³/mol. The van der Waals surface area contributed by atoms with Gasteiger partial charge in [0.05, 0.1) is 4.88 Å². The molecule has 4 rings (SSSR count). The molecule has 0 saturated carbocycles. The largest absolute Gasteiger partial charge is 0.374 e. The second-order valence-corrected chi connectivity index (χ2v) is 7.96. The first kappa shape index (κ1) is 17.1. The van der Waals surface area contributed by atoms with Crippen molar-refractivity contribution >= 4 is 22.7 Å². The minimum atomic E-state index is -0.0436. The highest BCUT2D eigenvalue weighted by Crippen LogP contribution is 2.27. The zero-order chi connectivity index (χ0) is 17.9. The molecule has 1 aliphatic rings. The van der Waals surface area contributed by atoms with E-state index < -0.39 is 0 Å². The molecule has 1 atom stereocenters. The van der Waals surface area contributed by atoms with E-state index in [1.54, 1.807) is 11.3 Å². The molecule has 0 unspecified atom stereocenters. The van der Waals surface area contributed by atoms with Gasteiger partial charge in [-0.3, -0.25) is 0 Å². The molecule has 1 fully saturated rings. The number of anilines is 2. The molecule has 0 aliphatic carbocycles. The van der Waals surface area contributed by atoms with Crippen LogP contribution in [-0.2, 0) is 0 Å². The van der Waals surface area contributed by atoms with Crippen LogP contribution in [0.5, 0.6) is 0 Å². The summed E-state index contributed by atoms with van der Waals surface area (Å²) in [6.45, 7) is 6.68. The Hall–Kier alpha value is -2.34. The molecule has 0 bridgehead atoms. The van der Waals surface area contributed by atoms with Crippen LogP contribution >= 0.6 is 11.3 Å². The van der Waals surface area contributed by atoms with Crippen molar-refractivity contribution in [3.63, 3.8) is 0 Å². The third-order valence-electron chi connectivity index (χ3n) is 4.95. The maximum atomic E-state index is 5.43. The van der Waals surface area contributed by atoms with E-state index in [0.717, 1.165) is 29.6 Å². The molecule has 0 radical (unpaired) electrons. The van der Waals surface area contributed by atoms with E-state index in [0.29, 0.717) is 11.7 Å². The lowest BCUT2D eigenvalue weighted by atomic mass is 9.99. The number of hydrogen-bond acceptors (Lipinski definition) is 6. The molecule has 1 N–H and O–H groups in total. The van der Waals surface area contributed by atoms with Crippen molar-refractivity contribution in [2.75, 3.05) is 23.3 Å². The quantitative estimate of drug-likeness (QED) is 0.670. The van der Waals surface area contributed by atoms with E-state index in [1.165, 1.54) is 18.5 Å². The first-order valence-electron chi connectivity index (χ1n) is 9.18. The van der Waals surface area contributed by atoms with Crippen LogP contribution < -0.4 is 10.2 Å². The van der Waals surface area contributed by atoms with Crippen molar-refractivity contribution in [1.82, 2.24) is 10.1 Å². The van der Waals surface area contributed by atoms with Crippen LogP contribution in [0.1, 0.15) is 38.6 Å². The number of hydrogen-bond donors (Lipinski definition) is 1. The number of benzene rings is 1. The van der Waals surface area contributed by atoms with E-state index in [2.05, 4.69) is 51.5 Å². The van der Waals surface area contributed by atoms with Crippen LogP contribution in [0.3, 0.4) is 0 Å². The van der Waals surface area contributed by atoms with Gasteiger partial charge in [-0.2, -0.15) is 4.98 Å². The van der Waals surface area contributed by atoms with Crippen LogP contribution in [0.4, 0.5) is 11.4 Å². The highest BCUT2D eigenvalue weighted by molar-refractivity contribution is 7.13. The highest BCUT2D eigenvalue weighted by atomic mass is 32.1. The molecular formula is C20H24N4OS. The summed E-state index contributed by atoms with van der Waals surface area (Å²) >= 11 is 1.61. The van der Waals surface area contributed by atoms with E-state index in [9.17, 15) is 0 Å². The van der Waals surface area contributed by atoms with Gasteiger partial charge in [0.25, 0.3) is 0 Å². The summed E-state index contributed by atoms with van der Waals surface area (Å²) in [5, 5.41) is 9.53. The summed E-state index contributed by atoms with van der Waals surface area (Å²) in [6, 6.07) is 12.6. The summed E-state index contributed by atoms with van der Waals surface area (Å²) in [5.41, 5.74) is 2.36. The molecular weight excluding hydrogens is 344 g/mol. The number of aromatic nitrogens is 2. The van der Waals surface area contributed by atoms with Gasteiger partial charge in [-0.1, -0.05) is 18.1 Å². The molecule has 1 aromatic carbocycles. The minimum absolute atomic E-state index is 0.0436. The molecule has 1 aliphatic heterocycles. The molecule has 0 amide bonds. The van der Waals surface area contributed by atoms with Crippen molar-refractivity contribution in [1.29, 1.82) is 0 Å². The van der Waals surface area contributed by atoms with E-state index in [4.69, 9.17) is 4.52 Å². The molecule has 3 aromatic rings. The van der Waals surface area contributed by atoms with E-state index in [1.807, 2.05) is 24.4 Å². The van der Waals surface area contributed by atoms with E-state index >= 15 is 0 Å². The summed E-state index contributed by atoms with van der Waals surface area (Å²) in [7, 11) is 0. The molecule has 6 heteroatoms. The number of rotatable bonds is 5. The Balaban J connectivity index is 1.39. The topological polar surface area (TPSA) is 54.2 Å². The summed E-state index contributed by atoms with van der Waals surface area (Å²) in [6.07, 6.45) is 2.56. The average Bonchev–Trinajstić information content (AvgIpc) is 3.35. The van der Waals surface area contributed by atoms with Crippen molar-refractivity contribution in [3.05, 3.63) is 47.7 Å². The minimum Gasteiger partial charge on any atom is -0.374 e. The van der Waals surface area contributed by atoms with Gasteiger partial charge < -0.3 is 14.7 Å². The van der Waals surface area contributed by atoms with Crippen LogP contribution in [0.15, 0.2) is 46.3 Å². The monoisotopic (exact) mass is 368 g/mol. The Labute approximate surface area is 158 Å². The van der Waals surface area contributed by atoms with Gasteiger partial charge in [-0.25, -0.2) is 0 Å². The van der Waals surface area contributed by atoms with Crippen molar-refractivity contribution in [3.8, 4) is 10.7 Å². The highest BCUT2D eigenvalue weighted by Gasteiger charge is 2.17. The lowest BCUT2D eigenvalue weighted by Gasteiger charge is -2.32. The van der Waals surface area contributed by atoms with Crippen molar-refractivity contribution in [2.24, 2.45) is 5.92 Å². The van der Waals surface area contributed by atoms with E-state index in [-0.39, 0.29) is 6.04 Å². The Morgan fingerprint density at radius 2 is 1.96 bits per heavy atom. The van der Waals surface area contributed by atoms with Gasteiger partial charge in [-0.05, 0) is 61.4 Å². The Morgan fingerprint density at radius 3 is 2.65 bits per heavy atom. The number of nitrogens with zero attached hydrogens (tertiary/aromatic N) is 3. The fourth-order valence-electron chi connectivity index (χ4n) is 3.26. The van der Waals surface area contributed by atoms with Crippen LogP contribution in [-0.4, -0.2) is 23.2 Å². The van der Waals surface area contributed by atoms with Gasteiger partial charge in [0.15, 0.2) is 0 Å². The molecule has 136 valence electrons. The van der Waals surface area contributed by atoms with Crippen molar-refractivity contribution < 1.29 is 4.52 Å². The van der Waals surface area contributed by atoms with Crippen LogP contribution in [0.2, 0.25) is 0 Å². The smallest absolute Gasteiger partial charge is 0.249 e. The molecule has 2 aromatic heterocycles. The summed E-state index contributed by atoms with van der Waals surface area (Å²) in [4.78, 5) is 8.00. The number of nitrogens with one attached hydrogen (secondary N) is 1. The van der Waals surface area contributed by atoms with Gasteiger partial charge in [0, 0.05) is 24.5 Å². The first-order valence-corrected chi connectivity index (χ1v) is 10.1. The Bertz CT molecular complexity index is 820. The average molecular weight is 369 g/mol. The van der Waals surface area contributed by atoms with Crippen LogP contribution in [0.25, 0.3) is 10.7 Å². The second-order valence-electron chi connectivity index (χ2n) is 7.02. The fourth-order valence-corrected chi connectivity index (χ4v) is 3.91. The Kier molecular flexibility index (Phi) is 4.93. The Morgan fingerprint density at radius 1 is 1.19 bits per heavy atom. The molecule has 26 heavy (non-hydrogen) atoms. The number of thiophene rings is 1. The standard InChI is InChI=1S/C20H24N4OS/c1-14-9-11-24(12-10-14)17-7-5-16(6-8-17)21-15(2)20-22-19(23-25-20)18-4-3-13-26-18/h3-8,13-15,21H,9-12H2,1-2H3/t15-/m0/s1. The first-order chi connectivity index (χ1) is 12.7. The lowest BCUT2D eigenvalue weighted by molar-refractivity contribution is 0.368. The van der Waals surface area contributed by atoms with Gasteiger partial charge in [0.1, 0.15) is 6.04 Å². The molecule has 5 nitrogen and oxygen atoms in total. The fraction of sp³-hybridized carbons (Fsp3) is 0.400. The maximum Gasteiger partial charge on any atom is 0.249 e. The molecule has 1 saturated heterocycles. The van der Waals surface area contributed by atoms with Gasteiger partial charge >= 0.3 is 0 Å². The zero-order valence-electron chi connectivity index (χ0n) is 15.2. The maximum absolute atomic E-state index is 5.43.